The molecule has 7 nitrogen and oxygen atoms in total. The monoisotopic (exact) mass is 402 g/mol. The first-order valence-electron chi connectivity index (χ1n) is 8.93. The van der Waals surface area contributed by atoms with Gasteiger partial charge in [-0.3, -0.25) is 0 Å². The lowest BCUT2D eigenvalue weighted by atomic mass is 10.2. The fraction of sp³-hybridized carbons (Fsp3) is 0.647. The second-order valence-electron chi connectivity index (χ2n) is 7.19. The third-order valence-corrected chi connectivity index (χ3v) is 8.38. The molecule has 0 unspecified atom stereocenters. The lowest BCUT2D eigenvalue weighted by molar-refractivity contribution is 0.0730. The first-order valence-corrected chi connectivity index (χ1v) is 11.8. The van der Waals surface area contributed by atoms with Crippen LogP contribution < -0.4 is 0 Å². The van der Waals surface area contributed by atoms with Crippen LogP contribution in [0.1, 0.15) is 26.7 Å². The predicted octanol–water partition coefficient (Wildman–Crippen LogP) is 1.52. The zero-order valence-electron chi connectivity index (χ0n) is 15.2. The highest BCUT2D eigenvalue weighted by atomic mass is 32.2. The quantitative estimate of drug-likeness (QED) is 0.690. The molecule has 0 aromatic heterocycles. The zero-order valence-corrected chi connectivity index (χ0v) is 16.8. The number of hydrogen-bond acceptors (Lipinski definition) is 5. The van der Waals surface area contributed by atoms with Crippen LogP contribution in [-0.4, -0.2) is 64.3 Å². The number of morpholine rings is 1. The van der Waals surface area contributed by atoms with Crippen LogP contribution in [0.5, 0.6) is 0 Å². The third kappa shape index (κ3) is 4.12. The topological polar surface area (TPSA) is 84.0 Å². The molecular formula is C17H26N2O5S2. The number of hydrogen-bond donors (Lipinski definition) is 0. The Morgan fingerprint density at radius 2 is 1.58 bits per heavy atom. The van der Waals surface area contributed by atoms with Crippen LogP contribution in [0, 0.1) is 5.92 Å². The Kier molecular flexibility index (Phi) is 5.74. The molecule has 1 saturated carbocycles. The second-order valence-corrected chi connectivity index (χ2v) is 11.0. The Bertz CT molecular complexity index is 824. The van der Waals surface area contributed by atoms with Crippen molar-refractivity contribution in [1.29, 1.82) is 0 Å². The van der Waals surface area contributed by atoms with Gasteiger partial charge in [-0.25, -0.2) is 16.8 Å². The van der Waals surface area contributed by atoms with E-state index in [0.717, 1.165) is 12.8 Å². The molecule has 26 heavy (non-hydrogen) atoms. The van der Waals surface area contributed by atoms with Gasteiger partial charge in [-0.1, -0.05) is 13.8 Å². The van der Waals surface area contributed by atoms with Crippen molar-refractivity contribution in [3.63, 3.8) is 0 Å². The largest absolute Gasteiger partial charge is 0.379 e. The van der Waals surface area contributed by atoms with E-state index in [9.17, 15) is 16.8 Å². The minimum absolute atomic E-state index is 0.0687. The molecule has 146 valence electrons. The van der Waals surface area contributed by atoms with E-state index in [-0.39, 0.29) is 21.8 Å². The first kappa shape index (κ1) is 19.8. The minimum Gasteiger partial charge on any atom is -0.379 e. The highest BCUT2D eigenvalue weighted by molar-refractivity contribution is 7.89. The molecule has 1 aromatic carbocycles. The number of sulfonamides is 2. The number of ether oxygens (including phenoxy) is 1. The van der Waals surface area contributed by atoms with Crippen molar-refractivity contribution < 1.29 is 21.6 Å². The molecule has 0 radical (unpaired) electrons. The minimum atomic E-state index is -3.62. The summed E-state index contributed by atoms with van der Waals surface area (Å²) in [5.41, 5.74) is 0. The van der Waals surface area contributed by atoms with E-state index in [1.165, 1.54) is 28.6 Å². The van der Waals surface area contributed by atoms with Gasteiger partial charge in [0.05, 0.1) is 23.0 Å². The van der Waals surface area contributed by atoms with E-state index in [2.05, 4.69) is 0 Å². The Balaban J connectivity index is 1.84. The molecule has 0 amide bonds. The molecule has 2 aliphatic rings. The summed E-state index contributed by atoms with van der Waals surface area (Å²) in [5.74, 6) is 0.228. The van der Waals surface area contributed by atoms with Crippen LogP contribution in [0.25, 0.3) is 0 Å². The molecular weight excluding hydrogens is 376 g/mol. The summed E-state index contributed by atoms with van der Waals surface area (Å²) in [6.07, 6.45) is 1.77. The van der Waals surface area contributed by atoms with E-state index >= 15 is 0 Å². The standard InChI is InChI=1S/C17H26N2O5S2/c1-14(2)13-19(15-3-4-15)26(22,23)17-7-5-16(6-8-17)25(20,21)18-9-11-24-12-10-18/h5-8,14-15H,3-4,9-13H2,1-2H3. The molecule has 3 rings (SSSR count). The molecule has 1 saturated heterocycles. The summed E-state index contributed by atoms with van der Waals surface area (Å²) in [4.78, 5) is 0.256. The van der Waals surface area contributed by atoms with Crippen molar-refractivity contribution in [3.05, 3.63) is 24.3 Å². The van der Waals surface area contributed by atoms with Crippen molar-refractivity contribution >= 4 is 20.0 Å². The van der Waals surface area contributed by atoms with Gasteiger partial charge in [0.15, 0.2) is 0 Å². The third-order valence-electron chi connectivity index (χ3n) is 4.54. The SMILES string of the molecule is CC(C)CN(C1CC1)S(=O)(=O)c1ccc(S(=O)(=O)N2CCOCC2)cc1. The molecule has 1 aliphatic carbocycles. The van der Waals surface area contributed by atoms with Crippen molar-refractivity contribution in [2.24, 2.45) is 5.92 Å². The molecule has 1 aliphatic heterocycles. The lowest BCUT2D eigenvalue weighted by Crippen LogP contribution is -2.40. The van der Waals surface area contributed by atoms with Crippen LogP contribution in [-0.2, 0) is 24.8 Å². The van der Waals surface area contributed by atoms with Gasteiger partial charge in [0.25, 0.3) is 0 Å². The van der Waals surface area contributed by atoms with Crippen LogP contribution >= 0.6 is 0 Å². The van der Waals surface area contributed by atoms with E-state index < -0.39 is 20.0 Å². The van der Waals surface area contributed by atoms with Crippen LogP contribution in [0.15, 0.2) is 34.1 Å². The van der Waals surface area contributed by atoms with Crippen LogP contribution in [0.2, 0.25) is 0 Å². The first-order chi connectivity index (χ1) is 12.2. The van der Waals surface area contributed by atoms with E-state index in [0.29, 0.717) is 32.8 Å². The smallest absolute Gasteiger partial charge is 0.243 e. The van der Waals surface area contributed by atoms with Gasteiger partial charge in [-0.15, -0.1) is 0 Å². The molecule has 1 aromatic rings. The Morgan fingerprint density at radius 1 is 1.04 bits per heavy atom. The normalized spacial score (nSPS) is 20.0. The summed E-state index contributed by atoms with van der Waals surface area (Å²) in [5, 5.41) is 0. The van der Waals surface area contributed by atoms with Crippen molar-refractivity contribution in [1.82, 2.24) is 8.61 Å². The molecule has 0 N–H and O–H groups in total. The van der Waals surface area contributed by atoms with Gasteiger partial charge in [-0.2, -0.15) is 8.61 Å². The predicted molar refractivity (Wildman–Crippen MR) is 97.8 cm³/mol. The number of rotatable bonds is 7. The molecule has 9 heteroatoms. The lowest BCUT2D eigenvalue weighted by Gasteiger charge is -2.26. The Hall–Kier alpha value is -1.00. The highest BCUT2D eigenvalue weighted by Gasteiger charge is 2.38. The van der Waals surface area contributed by atoms with Gasteiger partial charge < -0.3 is 4.74 Å². The van der Waals surface area contributed by atoms with Gasteiger partial charge in [0, 0.05) is 25.7 Å². The summed E-state index contributed by atoms with van der Waals surface area (Å²) in [6.45, 7) is 5.82. The Labute approximate surface area is 156 Å². The molecule has 0 atom stereocenters. The fourth-order valence-corrected chi connectivity index (χ4v) is 6.28. The summed E-state index contributed by atoms with van der Waals surface area (Å²) < 4.78 is 59.4. The van der Waals surface area contributed by atoms with Gasteiger partial charge in [0.2, 0.25) is 20.0 Å². The van der Waals surface area contributed by atoms with Crippen LogP contribution in [0.4, 0.5) is 0 Å². The fourth-order valence-electron chi connectivity index (χ4n) is 3.02. The molecule has 0 spiro atoms. The van der Waals surface area contributed by atoms with E-state index in [1.807, 2.05) is 13.8 Å². The summed E-state index contributed by atoms with van der Waals surface area (Å²) in [7, 11) is -7.24. The highest BCUT2D eigenvalue weighted by Crippen LogP contribution is 2.33. The second kappa shape index (κ2) is 7.55. The van der Waals surface area contributed by atoms with Gasteiger partial charge in [0.1, 0.15) is 0 Å². The maximum Gasteiger partial charge on any atom is 0.243 e. The maximum atomic E-state index is 13.0. The van der Waals surface area contributed by atoms with Gasteiger partial charge in [-0.05, 0) is 43.0 Å². The molecule has 0 bridgehead atoms. The summed E-state index contributed by atoms with van der Waals surface area (Å²) in [6, 6.07) is 5.65. The van der Waals surface area contributed by atoms with E-state index in [1.54, 1.807) is 4.31 Å². The van der Waals surface area contributed by atoms with Crippen LogP contribution in [0.3, 0.4) is 0 Å². The average Bonchev–Trinajstić information content (AvgIpc) is 3.45. The van der Waals surface area contributed by atoms with Crippen molar-refractivity contribution in [3.8, 4) is 0 Å². The van der Waals surface area contributed by atoms with Crippen molar-refractivity contribution in [2.75, 3.05) is 32.8 Å². The zero-order chi connectivity index (χ0) is 18.9. The molecule has 2 fully saturated rings. The van der Waals surface area contributed by atoms with Gasteiger partial charge >= 0.3 is 0 Å². The maximum absolute atomic E-state index is 13.0. The summed E-state index contributed by atoms with van der Waals surface area (Å²) >= 11 is 0. The number of nitrogens with zero attached hydrogens (tertiary/aromatic N) is 2. The number of benzene rings is 1. The van der Waals surface area contributed by atoms with Crippen molar-refractivity contribution in [2.45, 2.75) is 42.5 Å². The van der Waals surface area contributed by atoms with E-state index in [4.69, 9.17) is 4.74 Å². The average molecular weight is 403 g/mol. The molecule has 1 heterocycles. The Morgan fingerprint density at radius 3 is 2.08 bits per heavy atom.